The molecule has 24 heavy (non-hydrogen) atoms. The number of carbonyl (C=O) groups is 1. The highest BCUT2D eigenvalue weighted by Crippen LogP contribution is 2.18. The van der Waals surface area contributed by atoms with Crippen molar-refractivity contribution >= 4 is 11.6 Å². The number of rotatable bonds is 5. The monoisotopic (exact) mass is 329 g/mol. The summed E-state index contributed by atoms with van der Waals surface area (Å²) in [5.41, 5.74) is 2.01. The van der Waals surface area contributed by atoms with Crippen LogP contribution in [0.25, 0.3) is 0 Å². The van der Waals surface area contributed by atoms with Gasteiger partial charge in [0.05, 0.1) is 25.7 Å². The smallest absolute Gasteiger partial charge is 0.227 e. The van der Waals surface area contributed by atoms with Crippen LogP contribution in [-0.4, -0.2) is 51.9 Å². The second kappa shape index (κ2) is 7.44. The molecule has 1 saturated heterocycles. The van der Waals surface area contributed by atoms with E-state index in [4.69, 9.17) is 4.74 Å². The molecule has 1 atom stereocenters. The fourth-order valence-corrected chi connectivity index (χ4v) is 2.83. The van der Waals surface area contributed by atoms with E-state index >= 15 is 0 Å². The maximum absolute atomic E-state index is 12.3. The number of morpholine rings is 1. The fraction of sp³-hybridized carbons (Fsp3) is 0.471. The van der Waals surface area contributed by atoms with Gasteiger partial charge >= 0.3 is 0 Å². The molecule has 0 saturated carbocycles. The maximum atomic E-state index is 12.3. The number of benzene rings is 1. The molecule has 0 aliphatic carbocycles. The molecule has 1 unspecified atom stereocenters. The van der Waals surface area contributed by atoms with Gasteiger partial charge in [-0.3, -0.25) is 9.48 Å². The third-order valence-corrected chi connectivity index (χ3v) is 4.19. The van der Waals surface area contributed by atoms with Crippen molar-refractivity contribution in [3.8, 4) is 0 Å². The molecule has 0 bridgehead atoms. The summed E-state index contributed by atoms with van der Waals surface area (Å²) in [6.45, 7) is 4.68. The van der Waals surface area contributed by atoms with E-state index in [9.17, 15) is 4.79 Å². The highest BCUT2D eigenvalue weighted by molar-refractivity contribution is 5.79. The number of amides is 1. The zero-order valence-corrected chi connectivity index (χ0v) is 14.1. The Morgan fingerprint density at radius 1 is 1.29 bits per heavy atom. The predicted molar refractivity (Wildman–Crippen MR) is 90.6 cm³/mol. The first-order valence-corrected chi connectivity index (χ1v) is 8.18. The van der Waals surface area contributed by atoms with Gasteiger partial charge < -0.3 is 15.0 Å². The third kappa shape index (κ3) is 3.91. The lowest BCUT2D eigenvalue weighted by molar-refractivity contribution is -0.134. The molecule has 7 heteroatoms. The molecule has 128 valence electrons. The number of hydrogen-bond donors (Lipinski definition) is 1. The quantitative estimate of drug-likeness (QED) is 0.897. The summed E-state index contributed by atoms with van der Waals surface area (Å²) >= 11 is 0. The highest BCUT2D eigenvalue weighted by atomic mass is 16.5. The Morgan fingerprint density at radius 2 is 2.00 bits per heavy atom. The van der Waals surface area contributed by atoms with Crippen molar-refractivity contribution < 1.29 is 9.53 Å². The van der Waals surface area contributed by atoms with Crippen LogP contribution in [0.4, 0.5) is 5.69 Å². The molecule has 1 aromatic heterocycles. The Morgan fingerprint density at radius 3 is 2.62 bits per heavy atom. The largest absolute Gasteiger partial charge is 0.378 e. The van der Waals surface area contributed by atoms with Crippen molar-refractivity contribution in [2.75, 3.05) is 31.6 Å². The Kier molecular flexibility index (Phi) is 5.10. The lowest BCUT2D eigenvalue weighted by atomic mass is 10.1. The van der Waals surface area contributed by atoms with Crippen LogP contribution in [0.15, 0.2) is 30.6 Å². The van der Waals surface area contributed by atoms with Crippen molar-refractivity contribution in [1.29, 1.82) is 0 Å². The summed E-state index contributed by atoms with van der Waals surface area (Å²) in [5, 5.41) is 7.48. The summed E-state index contributed by atoms with van der Waals surface area (Å²) < 4.78 is 7.04. The minimum absolute atomic E-state index is 0.0540. The third-order valence-electron chi connectivity index (χ3n) is 4.19. The average molecular weight is 329 g/mol. The Labute approximate surface area is 141 Å². The molecule has 1 N–H and O–H groups in total. The number of aromatic nitrogens is 3. The maximum Gasteiger partial charge on any atom is 0.227 e. The second-order valence-electron chi connectivity index (χ2n) is 5.97. The number of carbonyl (C=O) groups excluding carboxylic acids is 1. The molecule has 1 aliphatic rings. The van der Waals surface area contributed by atoms with E-state index in [0.29, 0.717) is 32.7 Å². The van der Waals surface area contributed by atoms with E-state index in [0.717, 1.165) is 17.1 Å². The molecule has 1 amide bonds. The van der Waals surface area contributed by atoms with Crippen LogP contribution < -0.4 is 5.32 Å². The SMILES string of the molecule is CC(Nc1ccc(CC(=O)N2CCOCC2)cc1)c1ncnn1C. The number of hydrogen-bond acceptors (Lipinski definition) is 5. The normalized spacial score (nSPS) is 16.0. The van der Waals surface area contributed by atoms with Crippen LogP contribution in [0.2, 0.25) is 0 Å². The number of aryl methyl sites for hydroxylation is 1. The lowest BCUT2D eigenvalue weighted by Crippen LogP contribution is -2.41. The van der Waals surface area contributed by atoms with E-state index in [1.807, 2.05) is 43.1 Å². The first-order valence-electron chi connectivity index (χ1n) is 8.18. The molecule has 1 aromatic carbocycles. The van der Waals surface area contributed by atoms with Gasteiger partial charge in [0.1, 0.15) is 12.2 Å². The van der Waals surface area contributed by atoms with Crippen LogP contribution in [0.5, 0.6) is 0 Å². The second-order valence-corrected chi connectivity index (χ2v) is 5.97. The fourth-order valence-electron chi connectivity index (χ4n) is 2.83. The molecule has 2 aromatic rings. The van der Waals surface area contributed by atoms with Gasteiger partial charge in [-0.2, -0.15) is 5.10 Å². The zero-order chi connectivity index (χ0) is 16.9. The summed E-state index contributed by atoms with van der Waals surface area (Å²) in [5.74, 6) is 1.04. The van der Waals surface area contributed by atoms with Crippen LogP contribution in [-0.2, 0) is 23.0 Å². The van der Waals surface area contributed by atoms with Crippen molar-refractivity contribution in [3.63, 3.8) is 0 Å². The van der Waals surface area contributed by atoms with Gasteiger partial charge in [0.2, 0.25) is 5.91 Å². The van der Waals surface area contributed by atoms with Gasteiger partial charge in [-0.25, -0.2) is 4.98 Å². The van der Waals surface area contributed by atoms with E-state index in [2.05, 4.69) is 15.4 Å². The van der Waals surface area contributed by atoms with E-state index in [-0.39, 0.29) is 11.9 Å². The molecule has 1 fully saturated rings. The van der Waals surface area contributed by atoms with Crippen molar-refractivity contribution in [2.45, 2.75) is 19.4 Å². The van der Waals surface area contributed by atoms with Crippen LogP contribution in [0.3, 0.4) is 0 Å². The van der Waals surface area contributed by atoms with Crippen LogP contribution in [0.1, 0.15) is 24.4 Å². The molecule has 2 heterocycles. The molecule has 3 rings (SSSR count). The standard InChI is InChI=1S/C17H23N5O2/c1-13(17-18-12-19-21(17)2)20-15-5-3-14(4-6-15)11-16(23)22-7-9-24-10-8-22/h3-6,12-13,20H,7-11H2,1-2H3. The molecule has 7 nitrogen and oxygen atoms in total. The Hall–Kier alpha value is -2.41. The number of ether oxygens (including phenoxy) is 1. The summed E-state index contributed by atoms with van der Waals surface area (Å²) in [6, 6.07) is 8.02. The van der Waals surface area contributed by atoms with E-state index in [1.165, 1.54) is 0 Å². The highest BCUT2D eigenvalue weighted by Gasteiger charge is 2.17. The van der Waals surface area contributed by atoms with Crippen LogP contribution >= 0.6 is 0 Å². The predicted octanol–water partition coefficient (Wildman–Crippen LogP) is 1.39. The van der Waals surface area contributed by atoms with Gasteiger partial charge in [0.25, 0.3) is 0 Å². The number of nitrogens with zero attached hydrogens (tertiary/aromatic N) is 4. The average Bonchev–Trinajstić information content (AvgIpc) is 3.03. The van der Waals surface area contributed by atoms with Crippen molar-refractivity contribution in [1.82, 2.24) is 19.7 Å². The minimum atomic E-state index is 0.0540. The minimum Gasteiger partial charge on any atom is -0.378 e. The van der Waals surface area contributed by atoms with Crippen molar-refractivity contribution in [2.24, 2.45) is 7.05 Å². The van der Waals surface area contributed by atoms with E-state index in [1.54, 1.807) is 11.0 Å². The van der Waals surface area contributed by atoms with Gasteiger partial charge in [-0.05, 0) is 24.6 Å². The molecule has 0 radical (unpaired) electrons. The zero-order valence-electron chi connectivity index (χ0n) is 14.1. The number of nitrogens with one attached hydrogen (secondary N) is 1. The summed E-state index contributed by atoms with van der Waals surface area (Å²) in [4.78, 5) is 18.4. The summed E-state index contributed by atoms with van der Waals surface area (Å²) in [6.07, 6.45) is 1.98. The molecule has 0 spiro atoms. The van der Waals surface area contributed by atoms with Gasteiger partial charge in [-0.15, -0.1) is 0 Å². The molecular formula is C17H23N5O2. The molecule has 1 aliphatic heterocycles. The lowest BCUT2D eigenvalue weighted by Gasteiger charge is -2.26. The first-order chi connectivity index (χ1) is 11.6. The number of anilines is 1. The first kappa shape index (κ1) is 16.4. The van der Waals surface area contributed by atoms with Crippen molar-refractivity contribution in [3.05, 3.63) is 42.0 Å². The van der Waals surface area contributed by atoms with Gasteiger partial charge in [0, 0.05) is 25.8 Å². The van der Waals surface area contributed by atoms with Gasteiger partial charge in [-0.1, -0.05) is 12.1 Å². The Bertz CT molecular complexity index is 677. The van der Waals surface area contributed by atoms with Crippen LogP contribution in [0, 0.1) is 0 Å². The topological polar surface area (TPSA) is 72.3 Å². The van der Waals surface area contributed by atoms with Gasteiger partial charge in [0.15, 0.2) is 0 Å². The van der Waals surface area contributed by atoms with E-state index < -0.39 is 0 Å². The Balaban J connectivity index is 1.57. The summed E-state index contributed by atoms with van der Waals surface area (Å²) in [7, 11) is 1.88. The molecular weight excluding hydrogens is 306 g/mol.